The van der Waals surface area contributed by atoms with E-state index in [1.54, 1.807) is 0 Å². The van der Waals surface area contributed by atoms with Crippen LogP contribution in [0.3, 0.4) is 0 Å². The van der Waals surface area contributed by atoms with Crippen molar-refractivity contribution in [2.45, 2.75) is 32.2 Å². The summed E-state index contributed by atoms with van der Waals surface area (Å²) in [5.41, 5.74) is 0. The van der Waals surface area contributed by atoms with Crippen molar-refractivity contribution in [2.24, 2.45) is 5.92 Å². The third kappa shape index (κ3) is 2.48. The van der Waals surface area contributed by atoms with E-state index in [0.717, 1.165) is 18.3 Å². The van der Waals surface area contributed by atoms with Crippen LogP contribution in [0, 0.1) is 17.2 Å². The fourth-order valence-corrected chi connectivity index (χ4v) is 2.28. The third-order valence-electron chi connectivity index (χ3n) is 2.70. The minimum atomic E-state index is 0.122. The normalized spacial score (nSPS) is 23.6. The van der Waals surface area contributed by atoms with Crippen molar-refractivity contribution in [1.82, 2.24) is 4.90 Å². The van der Waals surface area contributed by atoms with Gasteiger partial charge in [-0.15, -0.1) is 0 Å². The van der Waals surface area contributed by atoms with Crippen LogP contribution in [0.15, 0.2) is 0 Å². The average Bonchev–Trinajstić information content (AvgIpc) is 2.56. The number of carbonyl (C=O) groups is 1. The molecular formula is C10H15BrN2O. The summed E-state index contributed by atoms with van der Waals surface area (Å²) in [6, 6.07) is 2.27. The zero-order valence-electron chi connectivity index (χ0n) is 8.37. The summed E-state index contributed by atoms with van der Waals surface area (Å²) < 4.78 is 0. The van der Waals surface area contributed by atoms with E-state index >= 15 is 0 Å². The first-order chi connectivity index (χ1) is 6.72. The Labute approximate surface area is 93.2 Å². The molecule has 1 aliphatic heterocycles. The van der Waals surface area contributed by atoms with Crippen LogP contribution >= 0.6 is 15.9 Å². The molecule has 1 rings (SSSR count). The van der Waals surface area contributed by atoms with Crippen LogP contribution in [0.5, 0.6) is 0 Å². The van der Waals surface area contributed by atoms with E-state index < -0.39 is 0 Å². The number of alkyl halides is 1. The molecule has 2 atom stereocenters. The molecular weight excluding hydrogens is 244 g/mol. The minimum absolute atomic E-state index is 0.122. The number of likely N-dealkylation sites (tertiary alicyclic amines) is 1. The van der Waals surface area contributed by atoms with Crippen molar-refractivity contribution >= 4 is 21.8 Å². The van der Waals surface area contributed by atoms with Crippen molar-refractivity contribution in [3.63, 3.8) is 0 Å². The van der Waals surface area contributed by atoms with Gasteiger partial charge in [0.15, 0.2) is 0 Å². The second-order valence-corrected chi connectivity index (χ2v) is 4.34. The van der Waals surface area contributed by atoms with Gasteiger partial charge in [0.05, 0.1) is 12.5 Å². The average molecular weight is 259 g/mol. The molecule has 1 saturated heterocycles. The highest BCUT2D eigenvalue weighted by molar-refractivity contribution is 9.09. The Balaban J connectivity index is 2.59. The van der Waals surface area contributed by atoms with Crippen molar-refractivity contribution in [2.75, 3.05) is 11.9 Å². The van der Waals surface area contributed by atoms with E-state index in [-0.39, 0.29) is 11.9 Å². The summed E-state index contributed by atoms with van der Waals surface area (Å²) in [5, 5.41) is 9.51. The van der Waals surface area contributed by atoms with Gasteiger partial charge in [-0.25, -0.2) is 0 Å². The van der Waals surface area contributed by atoms with Crippen LogP contribution in [0.1, 0.15) is 26.2 Å². The molecule has 14 heavy (non-hydrogen) atoms. The molecule has 4 heteroatoms. The van der Waals surface area contributed by atoms with Gasteiger partial charge in [-0.1, -0.05) is 22.9 Å². The lowest BCUT2D eigenvalue weighted by Gasteiger charge is -2.24. The number of carbonyl (C=O) groups excluding carboxylic acids is 1. The van der Waals surface area contributed by atoms with Gasteiger partial charge in [0.1, 0.15) is 0 Å². The van der Waals surface area contributed by atoms with Gasteiger partial charge in [-0.3, -0.25) is 4.79 Å². The molecule has 1 fully saturated rings. The molecule has 78 valence electrons. The Kier molecular flexibility index (Phi) is 4.40. The van der Waals surface area contributed by atoms with E-state index in [2.05, 4.69) is 22.0 Å². The molecule has 0 bridgehead atoms. The van der Waals surface area contributed by atoms with E-state index in [9.17, 15) is 4.79 Å². The zero-order chi connectivity index (χ0) is 10.6. The summed E-state index contributed by atoms with van der Waals surface area (Å²) in [6.45, 7) is 2.83. The zero-order valence-corrected chi connectivity index (χ0v) is 9.96. The monoisotopic (exact) mass is 258 g/mol. The second kappa shape index (κ2) is 5.35. The SMILES string of the molecule is CCC(CC#N)N1CC(CBr)CC1=O. The number of nitrogens with zero attached hydrogens (tertiary/aromatic N) is 2. The molecule has 0 radical (unpaired) electrons. The number of halogens is 1. The maximum Gasteiger partial charge on any atom is 0.223 e. The molecule has 0 aromatic carbocycles. The number of hydrogen-bond donors (Lipinski definition) is 0. The lowest BCUT2D eigenvalue weighted by molar-refractivity contribution is -0.129. The maximum absolute atomic E-state index is 11.6. The smallest absolute Gasteiger partial charge is 0.223 e. The van der Waals surface area contributed by atoms with Crippen molar-refractivity contribution in [1.29, 1.82) is 5.26 Å². The van der Waals surface area contributed by atoms with Gasteiger partial charge in [0.2, 0.25) is 5.91 Å². The quantitative estimate of drug-likeness (QED) is 0.724. The van der Waals surface area contributed by atoms with Crippen molar-refractivity contribution < 1.29 is 4.79 Å². The van der Waals surface area contributed by atoms with Crippen LogP contribution in [-0.4, -0.2) is 28.7 Å². The number of hydrogen-bond acceptors (Lipinski definition) is 2. The van der Waals surface area contributed by atoms with Crippen molar-refractivity contribution in [3.8, 4) is 6.07 Å². The summed E-state index contributed by atoms with van der Waals surface area (Å²) in [4.78, 5) is 13.5. The maximum atomic E-state index is 11.6. The minimum Gasteiger partial charge on any atom is -0.338 e. The Bertz CT molecular complexity index is 249. The largest absolute Gasteiger partial charge is 0.338 e. The fourth-order valence-electron chi connectivity index (χ4n) is 1.85. The Morgan fingerprint density at radius 1 is 1.79 bits per heavy atom. The highest BCUT2D eigenvalue weighted by atomic mass is 79.9. The van der Waals surface area contributed by atoms with E-state index in [1.807, 2.05) is 11.8 Å². The highest BCUT2D eigenvalue weighted by Gasteiger charge is 2.32. The van der Waals surface area contributed by atoms with Gasteiger partial charge < -0.3 is 4.90 Å². The molecule has 1 aliphatic rings. The van der Waals surface area contributed by atoms with E-state index in [1.165, 1.54) is 0 Å². The van der Waals surface area contributed by atoms with Crippen LogP contribution in [0.4, 0.5) is 0 Å². The van der Waals surface area contributed by atoms with Gasteiger partial charge >= 0.3 is 0 Å². The molecule has 0 aliphatic carbocycles. The highest BCUT2D eigenvalue weighted by Crippen LogP contribution is 2.23. The first-order valence-electron chi connectivity index (χ1n) is 4.95. The molecule has 0 N–H and O–H groups in total. The van der Waals surface area contributed by atoms with Crippen molar-refractivity contribution in [3.05, 3.63) is 0 Å². The lowest BCUT2D eigenvalue weighted by atomic mass is 10.1. The molecule has 3 nitrogen and oxygen atoms in total. The molecule has 0 aromatic rings. The van der Waals surface area contributed by atoms with Crippen LogP contribution < -0.4 is 0 Å². The van der Waals surface area contributed by atoms with Crippen LogP contribution in [-0.2, 0) is 4.79 Å². The molecule has 1 amide bonds. The summed E-state index contributed by atoms with van der Waals surface area (Å²) in [7, 11) is 0. The summed E-state index contributed by atoms with van der Waals surface area (Å²) >= 11 is 3.40. The van der Waals surface area contributed by atoms with Gasteiger partial charge in [-0.05, 0) is 12.3 Å². The third-order valence-corrected chi connectivity index (χ3v) is 3.61. The topological polar surface area (TPSA) is 44.1 Å². The van der Waals surface area contributed by atoms with Gasteiger partial charge in [0, 0.05) is 24.3 Å². The van der Waals surface area contributed by atoms with Crippen LogP contribution in [0.2, 0.25) is 0 Å². The Morgan fingerprint density at radius 3 is 2.93 bits per heavy atom. The lowest BCUT2D eigenvalue weighted by Crippen LogP contribution is -2.36. The molecule has 1 heterocycles. The Hall–Kier alpha value is -0.560. The van der Waals surface area contributed by atoms with E-state index in [0.29, 0.717) is 18.8 Å². The first kappa shape index (κ1) is 11.5. The van der Waals surface area contributed by atoms with Crippen LogP contribution in [0.25, 0.3) is 0 Å². The predicted octanol–water partition coefficient (Wildman–Crippen LogP) is 1.92. The summed E-state index contributed by atoms with van der Waals surface area (Å²) in [6.07, 6.45) is 1.96. The second-order valence-electron chi connectivity index (χ2n) is 3.69. The number of amides is 1. The van der Waals surface area contributed by atoms with E-state index in [4.69, 9.17) is 5.26 Å². The van der Waals surface area contributed by atoms with Gasteiger partial charge in [0.25, 0.3) is 0 Å². The molecule has 0 aromatic heterocycles. The first-order valence-corrected chi connectivity index (χ1v) is 6.07. The predicted molar refractivity (Wildman–Crippen MR) is 57.9 cm³/mol. The molecule has 0 saturated carbocycles. The Morgan fingerprint density at radius 2 is 2.50 bits per heavy atom. The fraction of sp³-hybridized carbons (Fsp3) is 0.800. The molecule has 2 unspecified atom stereocenters. The molecule has 0 spiro atoms. The number of rotatable bonds is 4. The van der Waals surface area contributed by atoms with Gasteiger partial charge in [-0.2, -0.15) is 5.26 Å². The standard InChI is InChI=1S/C10H15BrN2O/c1-2-9(3-4-12)13-7-8(6-11)5-10(13)14/h8-9H,2-3,5-7H2,1H3. The number of nitriles is 1. The summed E-state index contributed by atoms with van der Waals surface area (Å²) in [5.74, 6) is 0.631.